The van der Waals surface area contributed by atoms with Gasteiger partial charge in [-0.25, -0.2) is 0 Å². The normalized spacial score (nSPS) is 12.3. The monoisotopic (exact) mass is 280 g/mol. The van der Waals surface area contributed by atoms with Gasteiger partial charge in [0.25, 0.3) is 0 Å². The molecule has 0 aliphatic carbocycles. The Morgan fingerprint density at radius 3 is 2.30 bits per heavy atom. The van der Waals surface area contributed by atoms with Crippen LogP contribution in [0.15, 0.2) is 10.7 Å². The summed E-state index contributed by atoms with van der Waals surface area (Å²) >= 11 is 0. The van der Waals surface area contributed by atoms with Crippen molar-refractivity contribution in [3.05, 3.63) is 12.0 Å². The molecule has 1 rings (SSSR count). The minimum absolute atomic E-state index is 0.0370. The first-order valence-electron chi connectivity index (χ1n) is 6.75. The van der Waals surface area contributed by atoms with Crippen LogP contribution in [0.2, 0.25) is 0 Å². The van der Waals surface area contributed by atoms with E-state index in [4.69, 9.17) is 4.42 Å². The van der Waals surface area contributed by atoms with Crippen LogP contribution in [0.3, 0.4) is 0 Å². The molecule has 0 saturated carbocycles. The van der Waals surface area contributed by atoms with Gasteiger partial charge in [0.1, 0.15) is 12.0 Å². The number of amides is 1. The molecule has 0 aliphatic heterocycles. The zero-order valence-corrected chi connectivity index (χ0v) is 13.2. The maximum Gasteiger partial charge on any atom is 0.301 e. The summed E-state index contributed by atoms with van der Waals surface area (Å²) in [6.45, 7) is 11.8. The first-order chi connectivity index (χ1) is 8.99. The fourth-order valence-corrected chi connectivity index (χ4v) is 2.38. The molecule has 112 valence electrons. The Bertz CT molecular complexity index is 495. The summed E-state index contributed by atoms with van der Waals surface area (Å²) in [7, 11) is 0. The van der Waals surface area contributed by atoms with Crippen molar-refractivity contribution in [2.75, 3.05) is 5.32 Å². The number of aryl methyl sites for hydroxylation is 1. The molecule has 5 nitrogen and oxygen atoms in total. The van der Waals surface area contributed by atoms with Crippen LogP contribution in [0.1, 0.15) is 53.2 Å². The lowest BCUT2D eigenvalue weighted by Crippen LogP contribution is -2.32. The second-order valence-corrected chi connectivity index (χ2v) is 7.06. The highest BCUT2D eigenvalue weighted by atomic mass is 16.4. The molecule has 5 heteroatoms. The van der Waals surface area contributed by atoms with Gasteiger partial charge in [0.2, 0.25) is 5.91 Å². The number of hydrogen-bond donors (Lipinski definition) is 1. The Kier molecular flexibility index (Phi) is 4.73. The molecule has 20 heavy (non-hydrogen) atoms. The molecule has 0 unspecified atom stereocenters. The van der Waals surface area contributed by atoms with Gasteiger partial charge in [0, 0.05) is 5.41 Å². The Morgan fingerprint density at radius 1 is 1.25 bits per heavy atom. The van der Waals surface area contributed by atoms with Crippen LogP contribution in [-0.4, -0.2) is 16.7 Å². The standard InChI is InChI=1S/C15H24N2O3/c1-10-8-20-13(16-10)17-12(19)7-11(18)15(5,6)9-14(2,3)4/h8H,7,9H2,1-6H3,(H,16,17,19). The molecule has 0 aromatic carbocycles. The Hall–Kier alpha value is -1.65. The van der Waals surface area contributed by atoms with Crippen molar-refractivity contribution >= 4 is 17.7 Å². The van der Waals surface area contributed by atoms with Gasteiger partial charge in [-0.1, -0.05) is 34.6 Å². The highest BCUT2D eigenvalue weighted by molar-refractivity contribution is 6.05. The number of carbonyl (C=O) groups excluding carboxylic acids is 2. The zero-order chi connectivity index (χ0) is 15.6. The summed E-state index contributed by atoms with van der Waals surface area (Å²) in [5, 5.41) is 2.49. The summed E-state index contributed by atoms with van der Waals surface area (Å²) < 4.78 is 5.03. The highest BCUT2D eigenvalue weighted by Gasteiger charge is 2.33. The second-order valence-electron chi connectivity index (χ2n) is 7.06. The lowest BCUT2D eigenvalue weighted by Gasteiger charge is -2.30. The van der Waals surface area contributed by atoms with Crippen LogP contribution in [-0.2, 0) is 9.59 Å². The van der Waals surface area contributed by atoms with E-state index in [-0.39, 0.29) is 29.5 Å². The summed E-state index contributed by atoms with van der Waals surface area (Å²) in [5.74, 6) is -0.466. The third-order valence-electron chi connectivity index (χ3n) is 2.91. The fraction of sp³-hybridized carbons (Fsp3) is 0.667. The van der Waals surface area contributed by atoms with Crippen molar-refractivity contribution in [3.63, 3.8) is 0 Å². The van der Waals surface area contributed by atoms with Crippen LogP contribution in [0.5, 0.6) is 0 Å². The average molecular weight is 280 g/mol. The summed E-state index contributed by atoms with van der Waals surface area (Å²) in [5.41, 5.74) is 0.192. The van der Waals surface area contributed by atoms with Gasteiger partial charge in [0.05, 0.1) is 12.1 Å². The Morgan fingerprint density at radius 2 is 1.85 bits per heavy atom. The van der Waals surface area contributed by atoms with E-state index in [0.29, 0.717) is 5.69 Å². The van der Waals surface area contributed by atoms with Gasteiger partial charge in [-0.15, -0.1) is 0 Å². The Labute approximate surface area is 120 Å². The van der Waals surface area contributed by atoms with Crippen molar-refractivity contribution in [1.82, 2.24) is 4.98 Å². The molecule has 1 amide bonds. The lowest BCUT2D eigenvalue weighted by molar-refractivity contribution is -0.132. The van der Waals surface area contributed by atoms with Crippen LogP contribution >= 0.6 is 0 Å². The average Bonchev–Trinajstić information content (AvgIpc) is 2.59. The van der Waals surface area contributed by atoms with E-state index >= 15 is 0 Å². The van der Waals surface area contributed by atoms with Gasteiger partial charge in [-0.3, -0.25) is 14.9 Å². The van der Waals surface area contributed by atoms with E-state index in [1.54, 1.807) is 6.92 Å². The quantitative estimate of drug-likeness (QED) is 0.839. The highest BCUT2D eigenvalue weighted by Crippen LogP contribution is 2.34. The maximum atomic E-state index is 12.2. The van der Waals surface area contributed by atoms with E-state index in [9.17, 15) is 9.59 Å². The first kappa shape index (κ1) is 16.4. The van der Waals surface area contributed by atoms with E-state index in [1.807, 2.05) is 13.8 Å². The van der Waals surface area contributed by atoms with Crippen molar-refractivity contribution in [3.8, 4) is 0 Å². The minimum Gasteiger partial charge on any atom is -0.432 e. The van der Waals surface area contributed by atoms with Gasteiger partial charge >= 0.3 is 6.01 Å². The molecular formula is C15H24N2O3. The van der Waals surface area contributed by atoms with Crippen molar-refractivity contribution in [1.29, 1.82) is 0 Å². The van der Waals surface area contributed by atoms with Crippen LogP contribution < -0.4 is 5.32 Å². The van der Waals surface area contributed by atoms with E-state index in [1.165, 1.54) is 6.26 Å². The topological polar surface area (TPSA) is 72.2 Å². The number of hydrogen-bond acceptors (Lipinski definition) is 4. The number of nitrogens with one attached hydrogen (secondary N) is 1. The van der Waals surface area contributed by atoms with Gasteiger partial charge in [-0.2, -0.15) is 4.98 Å². The zero-order valence-electron chi connectivity index (χ0n) is 13.2. The SMILES string of the molecule is Cc1coc(NC(=O)CC(=O)C(C)(C)CC(C)(C)C)n1. The number of carbonyl (C=O) groups is 2. The largest absolute Gasteiger partial charge is 0.432 e. The molecule has 1 aromatic rings. The molecule has 0 radical (unpaired) electrons. The molecule has 0 atom stereocenters. The molecule has 0 fully saturated rings. The summed E-state index contributed by atoms with van der Waals surface area (Å²) in [6, 6.07) is 0.133. The third-order valence-corrected chi connectivity index (χ3v) is 2.91. The van der Waals surface area contributed by atoms with E-state index < -0.39 is 5.41 Å². The van der Waals surface area contributed by atoms with E-state index in [2.05, 4.69) is 31.1 Å². The lowest BCUT2D eigenvalue weighted by atomic mass is 9.73. The van der Waals surface area contributed by atoms with Crippen molar-refractivity contribution in [2.24, 2.45) is 10.8 Å². The van der Waals surface area contributed by atoms with Gasteiger partial charge < -0.3 is 4.42 Å². The third kappa shape index (κ3) is 5.15. The molecular weight excluding hydrogens is 256 g/mol. The van der Waals surface area contributed by atoms with Crippen molar-refractivity contribution < 1.29 is 14.0 Å². The summed E-state index contributed by atoms with van der Waals surface area (Å²) in [4.78, 5) is 28.0. The number of ketones is 1. The van der Waals surface area contributed by atoms with Crippen LogP contribution in [0, 0.1) is 17.8 Å². The maximum absolute atomic E-state index is 12.2. The molecule has 0 spiro atoms. The first-order valence-corrected chi connectivity index (χ1v) is 6.75. The smallest absolute Gasteiger partial charge is 0.301 e. The predicted octanol–water partition coefficient (Wildman–Crippen LogP) is 3.34. The molecule has 0 aliphatic rings. The van der Waals surface area contributed by atoms with Crippen molar-refractivity contribution in [2.45, 2.75) is 54.4 Å². The molecule has 1 heterocycles. The van der Waals surface area contributed by atoms with E-state index in [0.717, 1.165) is 6.42 Å². The summed E-state index contributed by atoms with van der Waals surface area (Å²) in [6.07, 6.45) is 2.01. The second kappa shape index (κ2) is 5.77. The molecule has 0 bridgehead atoms. The number of aromatic nitrogens is 1. The van der Waals surface area contributed by atoms with Gasteiger partial charge in [-0.05, 0) is 18.8 Å². The minimum atomic E-state index is -0.526. The van der Waals surface area contributed by atoms with Crippen LogP contribution in [0.4, 0.5) is 6.01 Å². The van der Waals surface area contributed by atoms with Gasteiger partial charge in [0.15, 0.2) is 0 Å². The predicted molar refractivity (Wildman–Crippen MR) is 77.3 cm³/mol. The molecule has 0 saturated heterocycles. The fourth-order valence-electron chi connectivity index (χ4n) is 2.38. The number of rotatable bonds is 5. The molecule has 1 N–H and O–H groups in total. The number of Topliss-reactive ketones (excluding diaryl/α,β-unsaturated/α-hetero) is 1. The number of nitrogens with zero attached hydrogens (tertiary/aromatic N) is 1. The molecule has 1 aromatic heterocycles. The van der Waals surface area contributed by atoms with Crippen LogP contribution in [0.25, 0.3) is 0 Å². The Balaban J connectivity index is 2.59. The number of anilines is 1. The number of oxazole rings is 1.